The highest BCUT2D eigenvalue weighted by Gasteiger charge is 2.16. The highest BCUT2D eigenvalue weighted by Crippen LogP contribution is 1.96. The van der Waals surface area contributed by atoms with Crippen LogP contribution in [0.1, 0.15) is 20.3 Å². The molecule has 108 valence electrons. The summed E-state index contributed by atoms with van der Waals surface area (Å²) in [6.45, 7) is 3.08. The van der Waals surface area contributed by atoms with Crippen molar-refractivity contribution in [3.8, 4) is 0 Å². The Balaban J connectivity index is 3.65. The van der Waals surface area contributed by atoms with Crippen LogP contribution in [-0.2, 0) is 38.1 Å². The van der Waals surface area contributed by atoms with Crippen molar-refractivity contribution >= 4 is 24.9 Å². The summed E-state index contributed by atoms with van der Waals surface area (Å²) in [7, 11) is 0. The summed E-state index contributed by atoms with van der Waals surface area (Å²) in [5, 5.41) is 0. The summed E-state index contributed by atoms with van der Waals surface area (Å²) in [5.74, 6) is -1.37. The van der Waals surface area contributed by atoms with Crippen molar-refractivity contribution < 1.29 is 38.1 Å². The molecule has 0 rings (SSSR count). The normalized spacial score (nSPS) is 12.7. The second-order valence-corrected chi connectivity index (χ2v) is 3.44. The average molecular weight is 276 g/mol. The lowest BCUT2D eigenvalue weighted by Crippen LogP contribution is -2.25. The fourth-order valence-corrected chi connectivity index (χ4v) is 0.917. The van der Waals surface area contributed by atoms with E-state index in [0.717, 1.165) is 0 Å². The summed E-state index contributed by atoms with van der Waals surface area (Å²) < 4.78 is 18.2. The van der Waals surface area contributed by atoms with Crippen LogP contribution in [0.15, 0.2) is 0 Å². The molecule has 8 nitrogen and oxygen atoms in total. The molecule has 0 bridgehead atoms. The van der Waals surface area contributed by atoms with Gasteiger partial charge in [-0.25, -0.2) is 9.59 Å². The zero-order chi connectivity index (χ0) is 14.7. The van der Waals surface area contributed by atoms with E-state index in [0.29, 0.717) is 0 Å². The zero-order valence-corrected chi connectivity index (χ0v) is 10.7. The Hall–Kier alpha value is -2.12. The van der Waals surface area contributed by atoms with Gasteiger partial charge in [0.25, 0.3) is 12.9 Å². The van der Waals surface area contributed by atoms with Crippen LogP contribution in [0.25, 0.3) is 0 Å². The third kappa shape index (κ3) is 7.74. The Morgan fingerprint density at radius 2 is 1.26 bits per heavy atom. The Bertz CT molecular complexity index is 284. The van der Waals surface area contributed by atoms with Crippen LogP contribution in [0.3, 0.4) is 0 Å². The fraction of sp³-hybridized carbons (Fsp3) is 0.636. The molecule has 0 radical (unpaired) electrons. The third-order valence-corrected chi connectivity index (χ3v) is 1.96. The van der Waals surface area contributed by atoms with Gasteiger partial charge in [-0.2, -0.15) is 0 Å². The molecule has 0 aliphatic heterocycles. The molecule has 0 aliphatic carbocycles. The molecule has 0 aromatic heterocycles. The Morgan fingerprint density at radius 3 is 1.58 bits per heavy atom. The van der Waals surface area contributed by atoms with Crippen molar-refractivity contribution in [2.24, 2.45) is 0 Å². The van der Waals surface area contributed by atoms with Crippen LogP contribution >= 0.6 is 0 Å². The summed E-state index contributed by atoms with van der Waals surface area (Å²) >= 11 is 0. The van der Waals surface area contributed by atoms with E-state index in [4.69, 9.17) is 9.47 Å². The summed E-state index contributed by atoms with van der Waals surface area (Å²) in [6.07, 6.45) is -1.67. The minimum Gasteiger partial charge on any atom is -0.463 e. The van der Waals surface area contributed by atoms with Gasteiger partial charge in [-0.05, 0) is 13.8 Å². The maximum Gasteiger partial charge on any atom is 0.347 e. The van der Waals surface area contributed by atoms with E-state index in [1.54, 1.807) is 0 Å². The van der Waals surface area contributed by atoms with Gasteiger partial charge in [0.1, 0.15) is 0 Å². The van der Waals surface area contributed by atoms with Gasteiger partial charge in [0.15, 0.2) is 12.2 Å². The number of carbonyl (C=O) groups is 4. The molecule has 0 amide bonds. The van der Waals surface area contributed by atoms with Gasteiger partial charge in [-0.15, -0.1) is 0 Å². The molecular weight excluding hydrogens is 260 g/mol. The Kier molecular flexibility index (Phi) is 8.76. The van der Waals surface area contributed by atoms with E-state index in [-0.39, 0.29) is 32.6 Å². The first kappa shape index (κ1) is 16.9. The van der Waals surface area contributed by atoms with Gasteiger partial charge >= 0.3 is 11.9 Å². The van der Waals surface area contributed by atoms with E-state index in [1.165, 1.54) is 13.8 Å². The number of rotatable bonds is 10. The zero-order valence-electron chi connectivity index (χ0n) is 10.7. The van der Waals surface area contributed by atoms with Crippen molar-refractivity contribution in [3.63, 3.8) is 0 Å². The SMILES string of the molecule is CC(OC=O)C(=O)OCCCOC(=O)C(C)OC=O. The molecule has 0 aromatic carbocycles. The average Bonchev–Trinajstić information content (AvgIpc) is 2.38. The van der Waals surface area contributed by atoms with Crippen LogP contribution in [-0.4, -0.2) is 50.3 Å². The van der Waals surface area contributed by atoms with E-state index in [1.807, 2.05) is 0 Å². The fourth-order valence-electron chi connectivity index (χ4n) is 0.917. The smallest absolute Gasteiger partial charge is 0.347 e. The van der Waals surface area contributed by atoms with Gasteiger partial charge in [-0.3, -0.25) is 9.59 Å². The van der Waals surface area contributed by atoms with E-state index in [9.17, 15) is 19.2 Å². The lowest BCUT2D eigenvalue weighted by atomic mass is 10.4. The van der Waals surface area contributed by atoms with Gasteiger partial charge in [0.05, 0.1) is 13.2 Å². The summed E-state index contributed by atoms with van der Waals surface area (Å²) in [4.78, 5) is 42.2. The van der Waals surface area contributed by atoms with E-state index < -0.39 is 24.1 Å². The standard InChI is InChI=1S/C11H16O8/c1-8(18-6-12)10(14)16-4-3-5-17-11(15)9(2)19-7-13/h6-9H,3-5H2,1-2H3. The Morgan fingerprint density at radius 1 is 0.895 bits per heavy atom. The molecule has 0 saturated carbocycles. The topological polar surface area (TPSA) is 105 Å². The molecule has 0 aromatic rings. The second-order valence-electron chi connectivity index (χ2n) is 3.44. The van der Waals surface area contributed by atoms with Gasteiger partial charge in [0.2, 0.25) is 0 Å². The predicted molar refractivity (Wildman–Crippen MR) is 59.8 cm³/mol. The number of esters is 2. The summed E-state index contributed by atoms with van der Waals surface area (Å²) in [6, 6.07) is 0. The van der Waals surface area contributed by atoms with Crippen LogP contribution in [0, 0.1) is 0 Å². The molecule has 0 spiro atoms. The van der Waals surface area contributed by atoms with Crippen molar-refractivity contribution in [3.05, 3.63) is 0 Å². The van der Waals surface area contributed by atoms with Crippen molar-refractivity contribution in [1.29, 1.82) is 0 Å². The Labute approximate surface area is 109 Å². The number of hydrogen-bond donors (Lipinski definition) is 0. The molecule has 0 aliphatic rings. The molecule has 2 atom stereocenters. The summed E-state index contributed by atoms with van der Waals surface area (Å²) in [5.41, 5.74) is 0. The predicted octanol–water partition coefficient (Wildman–Crippen LogP) is -0.414. The number of hydrogen-bond acceptors (Lipinski definition) is 8. The molecule has 0 N–H and O–H groups in total. The van der Waals surface area contributed by atoms with Crippen LogP contribution < -0.4 is 0 Å². The number of ether oxygens (including phenoxy) is 4. The minimum absolute atomic E-state index is 0.0155. The van der Waals surface area contributed by atoms with Crippen LogP contribution in [0.2, 0.25) is 0 Å². The van der Waals surface area contributed by atoms with E-state index in [2.05, 4.69) is 9.47 Å². The maximum absolute atomic E-state index is 11.2. The van der Waals surface area contributed by atoms with Gasteiger partial charge in [-0.1, -0.05) is 0 Å². The highest BCUT2D eigenvalue weighted by atomic mass is 16.6. The third-order valence-electron chi connectivity index (χ3n) is 1.96. The molecule has 2 unspecified atom stereocenters. The second kappa shape index (κ2) is 9.86. The molecule has 19 heavy (non-hydrogen) atoms. The molecule has 0 saturated heterocycles. The molecule has 8 heteroatoms. The van der Waals surface area contributed by atoms with E-state index >= 15 is 0 Å². The van der Waals surface area contributed by atoms with Crippen molar-refractivity contribution in [1.82, 2.24) is 0 Å². The molecular formula is C11H16O8. The van der Waals surface area contributed by atoms with Crippen LogP contribution in [0.5, 0.6) is 0 Å². The number of carbonyl (C=O) groups excluding carboxylic acids is 4. The largest absolute Gasteiger partial charge is 0.463 e. The van der Waals surface area contributed by atoms with Gasteiger partial charge in [0, 0.05) is 6.42 Å². The van der Waals surface area contributed by atoms with Crippen molar-refractivity contribution in [2.75, 3.05) is 13.2 Å². The first-order valence-electron chi connectivity index (χ1n) is 5.54. The van der Waals surface area contributed by atoms with Crippen LogP contribution in [0.4, 0.5) is 0 Å². The first-order valence-corrected chi connectivity index (χ1v) is 5.54. The quantitative estimate of drug-likeness (QED) is 0.229. The maximum atomic E-state index is 11.2. The lowest BCUT2D eigenvalue weighted by Gasteiger charge is -2.11. The molecule has 0 heterocycles. The molecule has 0 fully saturated rings. The van der Waals surface area contributed by atoms with Crippen molar-refractivity contribution in [2.45, 2.75) is 32.5 Å². The lowest BCUT2D eigenvalue weighted by molar-refractivity contribution is -0.163. The first-order chi connectivity index (χ1) is 9.02. The highest BCUT2D eigenvalue weighted by molar-refractivity contribution is 5.75. The minimum atomic E-state index is -0.971. The van der Waals surface area contributed by atoms with Gasteiger partial charge < -0.3 is 18.9 Å². The monoisotopic (exact) mass is 276 g/mol.